The SMILES string of the molecule is CCCCCC1CC=C(c2ccc(-c3ccc(-c4ccc(OC)cc4)cn3)c(F)c2Cl)CC1. The predicted octanol–water partition coefficient (Wildman–Crippen LogP) is 8.98. The van der Waals surface area contributed by atoms with E-state index in [9.17, 15) is 0 Å². The number of aromatic nitrogens is 1. The van der Waals surface area contributed by atoms with Crippen molar-refractivity contribution >= 4 is 17.2 Å². The van der Waals surface area contributed by atoms with Crippen LogP contribution >= 0.6 is 11.6 Å². The second kappa shape index (κ2) is 11.0. The maximum Gasteiger partial charge on any atom is 0.151 e. The molecule has 0 saturated carbocycles. The van der Waals surface area contributed by atoms with Gasteiger partial charge >= 0.3 is 0 Å². The first-order chi connectivity index (χ1) is 16.1. The zero-order valence-corrected chi connectivity index (χ0v) is 20.2. The largest absolute Gasteiger partial charge is 0.497 e. The third-order valence-corrected chi connectivity index (χ3v) is 7.00. The number of rotatable bonds is 8. The Morgan fingerprint density at radius 2 is 1.76 bits per heavy atom. The number of unbranched alkanes of at least 4 members (excludes halogenated alkanes) is 2. The van der Waals surface area contributed by atoms with Crippen molar-refractivity contribution in [2.75, 3.05) is 7.11 Å². The first-order valence-corrected chi connectivity index (χ1v) is 12.3. The van der Waals surface area contributed by atoms with E-state index < -0.39 is 5.82 Å². The van der Waals surface area contributed by atoms with E-state index in [2.05, 4.69) is 18.0 Å². The van der Waals surface area contributed by atoms with Crippen LogP contribution in [0.4, 0.5) is 4.39 Å². The van der Waals surface area contributed by atoms with E-state index in [0.717, 1.165) is 47.6 Å². The summed E-state index contributed by atoms with van der Waals surface area (Å²) in [5.41, 5.74) is 4.98. The highest BCUT2D eigenvalue weighted by atomic mass is 35.5. The van der Waals surface area contributed by atoms with Gasteiger partial charge in [0.25, 0.3) is 0 Å². The molecule has 3 aromatic rings. The summed E-state index contributed by atoms with van der Waals surface area (Å²) in [4.78, 5) is 4.51. The number of nitrogens with zero attached hydrogens (tertiary/aromatic N) is 1. The summed E-state index contributed by atoms with van der Waals surface area (Å²) in [7, 11) is 1.65. The number of benzene rings is 2. The summed E-state index contributed by atoms with van der Waals surface area (Å²) in [6, 6.07) is 15.3. The summed E-state index contributed by atoms with van der Waals surface area (Å²) in [5.74, 6) is 1.15. The molecule has 0 radical (unpaired) electrons. The van der Waals surface area contributed by atoms with Crippen LogP contribution in [-0.2, 0) is 0 Å². The van der Waals surface area contributed by atoms with Gasteiger partial charge in [0.05, 0.1) is 17.8 Å². The molecule has 0 amide bonds. The number of halogens is 2. The van der Waals surface area contributed by atoms with Gasteiger partial charge in [-0.1, -0.05) is 74.5 Å². The summed E-state index contributed by atoms with van der Waals surface area (Å²) < 4.78 is 20.5. The third-order valence-electron chi connectivity index (χ3n) is 6.63. The van der Waals surface area contributed by atoms with E-state index in [1.54, 1.807) is 19.4 Å². The molecule has 2 nitrogen and oxygen atoms in total. The van der Waals surface area contributed by atoms with Gasteiger partial charge in [0, 0.05) is 17.3 Å². The van der Waals surface area contributed by atoms with Gasteiger partial charge in [0.15, 0.2) is 5.82 Å². The Labute approximate surface area is 201 Å². The molecular weight excluding hydrogens is 433 g/mol. The van der Waals surface area contributed by atoms with Crippen LogP contribution in [0.2, 0.25) is 5.02 Å². The van der Waals surface area contributed by atoms with Gasteiger partial charge < -0.3 is 4.74 Å². The van der Waals surface area contributed by atoms with Crippen molar-refractivity contribution in [1.29, 1.82) is 0 Å². The molecule has 1 aromatic heterocycles. The highest BCUT2D eigenvalue weighted by molar-refractivity contribution is 6.32. The fourth-order valence-electron chi connectivity index (χ4n) is 4.58. The quantitative estimate of drug-likeness (QED) is 0.311. The minimum atomic E-state index is -0.398. The van der Waals surface area contributed by atoms with Gasteiger partial charge in [0.1, 0.15) is 5.75 Å². The van der Waals surface area contributed by atoms with E-state index in [-0.39, 0.29) is 5.02 Å². The second-order valence-electron chi connectivity index (χ2n) is 8.81. The summed E-state index contributed by atoms with van der Waals surface area (Å²) >= 11 is 6.52. The zero-order valence-electron chi connectivity index (χ0n) is 19.4. The molecule has 0 saturated heterocycles. The molecule has 4 rings (SSSR count). The van der Waals surface area contributed by atoms with Gasteiger partial charge in [-0.25, -0.2) is 4.39 Å². The molecule has 1 unspecified atom stereocenters. The number of ether oxygens (including phenoxy) is 1. The molecule has 33 heavy (non-hydrogen) atoms. The lowest BCUT2D eigenvalue weighted by Crippen LogP contribution is -2.06. The summed E-state index contributed by atoms with van der Waals surface area (Å²) in [6.45, 7) is 2.24. The molecule has 1 heterocycles. The maximum absolute atomic E-state index is 15.3. The highest BCUT2D eigenvalue weighted by Gasteiger charge is 2.20. The Kier molecular flexibility index (Phi) is 7.82. The zero-order chi connectivity index (χ0) is 23.2. The monoisotopic (exact) mass is 463 g/mol. The second-order valence-corrected chi connectivity index (χ2v) is 9.19. The van der Waals surface area contributed by atoms with Crippen molar-refractivity contribution in [3.63, 3.8) is 0 Å². The predicted molar refractivity (Wildman–Crippen MR) is 136 cm³/mol. The topological polar surface area (TPSA) is 22.1 Å². The molecule has 0 fully saturated rings. The molecule has 4 heteroatoms. The lowest BCUT2D eigenvalue weighted by atomic mass is 9.83. The third kappa shape index (κ3) is 5.47. The Balaban J connectivity index is 1.50. The molecule has 1 aliphatic carbocycles. The number of hydrogen-bond donors (Lipinski definition) is 0. The van der Waals surface area contributed by atoms with Gasteiger partial charge in [-0.3, -0.25) is 4.98 Å². The smallest absolute Gasteiger partial charge is 0.151 e. The van der Waals surface area contributed by atoms with Crippen LogP contribution in [0.3, 0.4) is 0 Å². The van der Waals surface area contributed by atoms with E-state index >= 15 is 4.39 Å². The van der Waals surface area contributed by atoms with E-state index in [1.807, 2.05) is 42.5 Å². The molecule has 172 valence electrons. The number of hydrogen-bond acceptors (Lipinski definition) is 2. The Hall–Kier alpha value is -2.65. The van der Waals surface area contributed by atoms with Crippen LogP contribution in [0.1, 0.15) is 57.4 Å². The fourth-order valence-corrected chi connectivity index (χ4v) is 4.87. The molecule has 2 aromatic carbocycles. The van der Waals surface area contributed by atoms with Crippen molar-refractivity contribution in [2.45, 2.75) is 51.9 Å². The first-order valence-electron chi connectivity index (χ1n) is 11.9. The van der Waals surface area contributed by atoms with Crippen LogP contribution < -0.4 is 4.74 Å². The molecule has 1 aliphatic rings. The molecular formula is C29H31ClFNO. The summed E-state index contributed by atoms with van der Waals surface area (Å²) in [5, 5.41) is 0.198. The van der Waals surface area contributed by atoms with Crippen LogP contribution in [0.25, 0.3) is 28.0 Å². The molecule has 0 N–H and O–H groups in total. The molecule has 0 bridgehead atoms. The molecule has 0 spiro atoms. The van der Waals surface area contributed by atoms with Gasteiger partial charge in [-0.2, -0.15) is 0 Å². The van der Waals surface area contributed by atoms with E-state index in [1.165, 1.54) is 31.3 Å². The van der Waals surface area contributed by atoms with Crippen LogP contribution in [-0.4, -0.2) is 12.1 Å². The van der Waals surface area contributed by atoms with Crippen LogP contribution in [0.5, 0.6) is 5.75 Å². The average Bonchev–Trinajstić information content (AvgIpc) is 2.87. The van der Waals surface area contributed by atoms with Crippen molar-refractivity contribution in [2.24, 2.45) is 5.92 Å². The van der Waals surface area contributed by atoms with Crippen molar-refractivity contribution in [1.82, 2.24) is 4.98 Å². The van der Waals surface area contributed by atoms with Gasteiger partial charge in [-0.15, -0.1) is 0 Å². The molecule has 1 atom stereocenters. The average molecular weight is 464 g/mol. The van der Waals surface area contributed by atoms with E-state index in [4.69, 9.17) is 16.3 Å². The van der Waals surface area contributed by atoms with Crippen LogP contribution in [0, 0.1) is 11.7 Å². The molecule has 0 aliphatic heterocycles. The van der Waals surface area contributed by atoms with Crippen molar-refractivity contribution in [3.8, 4) is 28.1 Å². The number of pyridine rings is 1. The minimum absolute atomic E-state index is 0.198. The Morgan fingerprint density at radius 3 is 2.39 bits per heavy atom. The normalized spacial score (nSPS) is 15.9. The van der Waals surface area contributed by atoms with E-state index in [0.29, 0.717) is 11.3 Å². The van der Waals surface area contributed by atoms with Crippen LogP contribution in [0.15, 0.2) is 60.8 Å². The fraction of sp³-hybridized carbons (Fsp3) is 0.345. The number of allylic oxidation sites excluding steroid dienone is 2. The number of methoxy groups -OCH3 is 1. The lowest BCUT2D eigenvalue weighted by molar-refractivity contribution is 0.415. The van der Waals surface area contributed by atoms with Gasteiger partial charge in [0.2, 0.25) is 0 Å². The van der Waals surface area contributed by atoms with Crippen molar-refractivity contribution < 1.29 is 9.13 Å². The lowest BCUT2D eigenvalue weighted by Gasteiger charge is -2.23. The standard InChI is InChI=1S/C29H31ClFNO/c1-3-4-5-6-20-7-9-22(10-8-20)25-16-17-26(29(31)28(25)30)27-18-13-23(19-32-27)21-11-14-24(33-2)15-12-21/h9,11-20H,3-8,10H2,1-2H3. The Morgan fingerprint density at radius 1 is 1.00 bits per heavy atom. The van der Waals surface area contributed by atoms with Crippen molar-refractivity contribution in [3.05, 3.63) is 77.2 Å². The highest BCUT2D eigenvalue weighted by Crippen LogP contribution is 2.39. The summed E-state index contributed by atoms with van der Waals surface area (Å²) in [6.07, 6.45) is 12.4. The van der Waals surface area contributed by atoms with Gasteiger partial charge in [-0.05, 0) is 66.1 Å². The Bertz CT molecular complexity index is 1110. The maximum atomic E-state index is 15.3. The minimum Gasteiger partial charge on any atom is -0.497 e. The first kappa shape index (κ1) is 23.5.